The molecular weight excluding hydrogens is 365 g/mol. The van der Waals surface area contributed by atoms with Crippen molar-refractivity contribution in [2.75, 3.05) is 18.9 Å². The summed E-state index contributed by atoms with van der Waals surface area (Å²) in [5.41, 5.74) is 1.45. The zero-order chi connectivity index (χ0) is 20.7. The molecule has 1 unspecified atom stereocenters. The first-order chi connectivity index (χ1) is 13.3. The lowest BCUT2D eigenvalue weighted by molar-refractivity contribution is -0.141. The van der Waals surface area contributed by atoms with Crippen molar-refractivity contribution >= 4 is 23.6 Å². The number of carbonyl (C=O) groups excluding carboxylic acids is 2. The van der Waals surface area contributed by atoms with Gasteiger partial charge in [0.15, 0.2) is 0 Å². The average molecular weight is 387 g/mol. The molecule has 2 aromatic carbocycles. The number of hydrogen-bond donors (Lipinski definition) is 3. The van der Waals surface area contributed by atoms with Crippen molar-refractivity contribution in [1.29, 1.82) is 0 Å². The lowest BCUT2D eigenvalue weighted by Crippen LogP contribution is -2.40. The van der Waals surface area contributed by atoms with E-state index in [1.807, 2.05) is 0 Å². The number of anilines is 1. The number of aliphatic carboxylic acids is 1. The maximum absolute atomic E-state index is 13.2. The molecule has 0 saturated carbocycles. The normalized spacial score (nSPS) is 11.4. The van der Waals surface area contributed by atoms with Gasteiger partial charge in [0, 0.05) is 31.4 Å². The summed E-state index contributed by atoms with van der Waals surface area (Å²) in [6.07, 6.45) is 0. The van der Waals surface area contributed by atoms with E-state index >= 15 is 0 Å². The maximum Gasteiger partial charge on any atom is 0.317 e. The molecule has 7 nitrogen and oxygen atoms in total. The van der Waals surface area contributed by atoms with E-state index in [2.05, 4.69) is 10.6 Å². The van der Waals surface area contributed by atoms with Crippen LogP contribution in [0.5, 0.6) is 0 Å². The van der Waals surface area contributed by atoms with E-state index < -0.39 is 29.6 Å². The van der Waals surface area contributed by atoms with Crippen LogP contribution < -0.4 is 10.6 Å². The minimum atomic E-state index is -0.971. The minimum Gasteiger partial charge on any atom is -0.481 e. The lowest BCUT2D eigenvalue weighted by Gasteiger charge is -2.20. The molecule has 0 fully saturated rings. The van der Waals surface area contributed by atoms with Crippen molar-refractivity contribution in [2.45, 2.75) is 13.5 Å². The van der Waals surface area contributed by atoms with Gasteiger partial charge in [-0.15, -0.1) is 0 Å². The van der Waals surface area contributed by atoms with E-state index in [-0.39, 0.29) is 18.7 Å². The summed E-state index contributed by atoms with van der Waals surface area (Å²) in [7, 11) is 1.52. The predicted octanol–water partition coefficient (Wildman–Crippen LogP) is 2.94. The molecule has 8 heteroatoms. The van der Waals surface area contributed by atoms with Crippen molar-refractivity contribution < 1.29 is 23.9 Å². The molecule has 2 aromatic rings. The zero-order valence-electron chi connectivity index (χ0n) is 15.6. The van der Waals surface area contributed by atoms with E-state index in [0.717, 1.165) is 11.6 Å². The number of carboxylic acid groups (broad SMARTS) is 1. The van der Waals surface area contributed by atoms with Crippen LogP contribution in [0.25, 0.3) is 0 Å². The summed E-state index contributed by atoms with van der Waals surface area (Å²) < 4.78 is 13.2. The summed E-state index contributed by atoms with van der Waals surface area (Å²) in [5, 5.41) is 14.3. The van der Waals surface area contributed by atoms with Gasteiger partial charge in [-0.3, -0.25) is 9.59 Å². The van der Waals surface area contributed by atoms with Gasteiger partial charge in [0.05, 0.1) is 5.92 Å². The third kappa shape index (κ3) is 6.08. The van der Waals surface area contributed by atoms with Gasteiger partial charge in [-0.1, -0.05) is 25.1 Å². The summed E-state index contributed by atoms with van der Waals surface area (Å²) in [4.78, 5) is 36.4. The van der Waals surface area contributed by atoms with Gasteiger partial charge < -0.3 is 20.6 Å². The van der Waals surface area contributed by atoms with Crippen LogP contribution >= 0.6 is 0 Å². The number of benzene rings is 2. The summed E-state index contributed by atoms with van der Waals surface area (Å²) in [6, 6.07) is 11.8. The van der Waals surface area contributed by atoms with Gasteiger partial charge >= 0.3 is 12.0 Å². The molecular formula is C20H22FN3O4. The SMILES string of the molecule is CC(CN(C)C(=O)NCc1cccc(NC(=O)c2cccc(F)c2)c1)C(=O)O. The van der Waals surface area contributed by atoms with Gasteiger partial charge in [0.1, 0.15) is 5.82 Å². The molecule has 0 aliphatic carbocycles. The Morgan fingerprint density at radius 2 is 1.86 bits per heavy atom. The van der Waals surface area contributed by atoms with Crippen LogP contribution in [0, 0.1) is 11.7 Å². The van der Waals surface area contributed by atoms with Crippen molar-refractivity contribution in [3.05, 3.63) is 65.5 Å². The zero-order valence-corrected chi connectivity index (χ0v) is 15.6. The number of carboxylic acids is 1. The highest BCUT2D eigenvalue weighted by atomic mass is 19.1. The molecule has 0 aromatic heterocycles. The fourth-order valence-electron chi connectivity index (χ4n) is 2.48. The maximum atomic E-state index is 13.2. The second kappa shape index (κ2) is 9.50. The molecule has 3 N–H and O–H groups in total. The van der Waals surface area contributed by atoms with Crippen LogP contribution in [-0.2, 0) is 11.3 Å². The van der Waals surface area contributed by atoms with Crippen molar-refractivity contribution in [3.63, 3.8) is 0 Å². The minimum absolute atomic E-state index is 0.0882. The number of halogens is 1. The van der Waals surface area contributed by atoms with Gasteiger partial charge in [0.25, 0.3) is 5.91 Å². The Bertz CT molecular complexity index is 872. The Labute approximate surface area is 162 Å². The first kappa shape index (κ1) is 20.9. The van der Waals surface area contributed by atoms with E-state index in [1.54, 1.807) is 24.3 Å². The number of amides is 3. The average Bonchev–Trinajstić information content (AvgIpc) is 2.66. The highest BCUT2D eigenvalue weighted by Gasteiger charge is 2.17. The third-order valence-electron chi connectivity index (χ3n) is 4.03. The van der Waals surface area contributed by atoms with Gasteiger partial charge in [-0.05, 0) is 35.9 Å². The molecule has 0 aliphatic heterocycles. The molecule has 2 rings (SSSR count). The molecule has 0 spiro atoms. The Balaban J connectivity index is 1.93. The highest BCUT2D eigenvalue weighted by Crippen LogP contribution is 2.13. The summed E-state index contributed by atoms with van der Waals surface area (Å²) in [6.45, 7) is 1.82. The first-order valence-electron chi connectivity index (χ1n) is 8.64. The molecule has 148 valence electrons. The number of carbonyl (C=O) groups is 3. The fraction of sp³-hybridized carbons (Fsp3) is 0.250. The number of hydrogen-bond acceptors (Lipinski definition) is 3. The summed E-state index contributed by atoms with van der Waals surface area (Å²) in [5.74, 6) is -2.58. The molecule has 0 saturated heterocycles. The number of nitrogens with zero attached hydrogens (tertiary/aromatic N) is 1. The summed E-state index contributed by atoms with van der Waals surface area (Å²) >= 11 is 0. The second-order valence-electron chi connectivity index (χ2n) is 6.44. The predicted molar refractivity (Wildman–Crippen MR) is 102 cm³/mol. The quantitative estimate of drug-likeness (QED) is 0.680. The Morgan fingerprint density at radius 3 is 2.54 bits per heavy atom. The highest BCUT2D eigenvalue weighted by molar-refractivity contribution is 6.04. The van der Waals surface area contributed by atoms with E-state index in [4.69, 9.17) is 5.11 Å². The van der Waals surface area contributed by atoms with Gasteiger partial charge in [-0.2, -0.15) is 0 Å². The molecule has 0 aliphatic rings. The van der Waals surface area contributed by atoms with Crippen LogP contribution in [0.15, 0.2) is 48.5 Å². The smallest absolute Gasteiger partial charge is 0.317 e. The van der Waals surface area contributed by atoms with E-state index in [9.17, 15) is 18.8 Å². The molecule has 0 bridgehead atoms. The van der Waals surface area contributed by atoms with Crippen molar-refractivity contribution in [3.8, 4) is 0 Å². The number of rotatable bonds is 7. The van der Waals surface area contributed by atoms with Crippen LogP contribution in [0.4, 0.5) is 14.9 Å². The third-order valence-corrected chi connectivity index (χ3v) is 4.03. The Kier molecular flexibility index (Phi) is 7.08. The fourth-order valence-corrected chi connectivity index (χ4v) is 2.48. The van der Waals surface area contributed by atoms with Crippen LogP contribution in [0.3, 0.4) is 0 Å². The van der Waals surface area contributed by atoms with Crippen LogP contribution in [-0.4, -0.2) is 41.5 Å². The molecule has 0 radical (unpaired) electrons. The van der Waals surface area contributed by atoms with E-state index in [1.165, 1.54) is 37.1 Å². The van der Waals surface area contributed by atoms with Gasteiger partial charge in [-0.25, -0.2) is 9.18 Å². The molecule has 0 heterocycles. The number of nitrogens with one attached hydrogen (secondary N) is 2. The standard InChI is InChI=1S/C20H22FN3O4/c1-13(19(26)27)12-24(2)20(28)22-11-14-5-3-8-17(9-14)23-18(25)15-6-4-7-16(21)10-15/h3-10,13H,11-12H2,1-2H3,(H,22,28)(H,23,25)(H,26,27). The first-order valence-corrected chi connectivity index (χ1v) is 8.64. The Hall–Kier alpha value is -3.42. The second-order valence-corrected chi connectivity index (χ2v) is 6.44. The molecule has 1 atom stereocenters. The van der Waals surface area contributed by atoms with Crippen LogP contribution in [0.2, 0.25) is 0 Å². The largest absolute Gasteiger partial charge is 0.481 e. The van der Waals surface area contributed by atoms with Gasteiger partial charge in [0.2, 0.25) is 0 Å². The van der Waals surface area contributed by atoms with Crippen LogP contribution in [0.1, 0.15) is 22.8 Å². The van der Waals surface area contributed by atoms with Crippen molar-refractivity contribution in [1.82, 2.24) is 10.2 Å². The van der Waals surface area contributed by atoms with Crippen molar-refractivity contribution in [2.24, 2.45) is 5.92 Å². The number of urea groups is 1. The molecule has 28 heavy (non-hydrogen) atoms. The van der Waals surface area contributed by atoms with E-state index in [0.29, 0.717) is 5.69 Å². The Morgan fingerprint density at radius 1 is 1.14 bits per heavy atom. The topological polar surface area (TPSA) is 98.7 Å². The monoisotopic (exact) mass is 387 g/mol. The lowest BCUT2D eigenvalue weighted by atomic mass is 10.1. The molecule has 3 amide bonds.